The van der Waals surface area contributed by atoms with Gasteiger partial charge in [-0.25, -0.2) is 9.59 Å². The highest BCUT2D eigenvalue weighted by atomic mass is 35.5. The summed E-state index contributed by atoms with van der Waals surface area (Å²) in [5, 5.41) is 15.0. The standard InChI is InChI=1S/C25H25Cl2NO5/c1-25(2,3)33-24(31)28-21(23(29)30)13-19-18-7-5-4-6-15(18)9-11-22(19)32-14-16-8-10-17(26)12-20(16)27/h4-12,21H,13-14H2,1-3H3,(H,28,31)(H,29,30). The molecule has 1 amide bonds. The van der Waals surface area contributed by atoms with Crippen LogP contribution < -0.4 is 10.1 Å². The highest BCUT2D eigenvalue weighted by Crippen LogP contribution is 2.31. The van der Waals surface area contributed by atoms with Crippen molar-refractivity contribution in [3.8, 4) is 5.75 Å². The minimum Gasteiger partial charge on any atom is -0.489 e. The Morgan fingerprint density at radius 1 is 1.06 bits per heavy atom. The van der Waals surface area contributed by atoms with Crippen LogP contribution in [0.2, 0.25) is 10.0 Å². The summed E-state index contributed by atoms with van der Waals surface area (Å²) < 4.78 is 11.3. The molecule has 0 spiro atoms. The number of amides is 1. The number of rotatable bonds is 7. The maximum atomic E-state index is 12.2. The van der Waals surface area contributed by atoms with E-state index in [0.29, 0.717) is 21.4 Å². The molecule has 0 aliphatic heterocycles. The summed E-state index contributed by atoms with van der Waals surface area (Å²) in [4.78, 5) is 24.2. The number of hydrogen-bond donors (Lipinski definition) is 2. The number of benzene rings is 3. The Balaban J connectivity index is 1.91. The Hall–Kier alpha value is -2.96. The molecule has 0 saturated heterocycles. The lowest BCUT2D eigenvalue weighted by Crippen LogP contribution is -2.44. The summed E-state index contributed by atoms with van der Waals surface area (Å²) in [6, 6.07) is 15.2. The Morgan fingerprint density at radius 3 is 2.45 bits per heavy atom. The van der Waals surface area contributed by atoms with Crippen LogP contribution in [0.4, 0.5) is 4.79 Å². The maximum Gasteiger partial charge on any atom is 0.408 e. The molecule has 6 nitrogen and oxygen atoms in total. The molecule has 33 heavy (non-hydrogen) atoms. The molecule has 3 aromatic rings. The van der Waals surface area contributed by atoms with Crippen LogP contribution >= 0.6 is 23.2 Å². The first-order valence-electron chi connectivity index (χ1n) is 10.3. The minimum atomic E-state index is -1.22. The lowest BCUT2D eigenvalue weighted by molar-refractivity contribution is -0.139. The Bertz CT molecular complexity index is 1170. The number of halogens is 2. The Labute approximate surface area is 202 Å². The van der Waals surface area contributed by atoms with Gasteiger partial charge in [0, 0.05) is 27.6 Å². The molecule has 174 valence electrons. The molecule has 0 radical (unpaired) electrons. The van der Waals surface area contributed by atoms with Gasteiger partial charge in [0.15, 0.2) is 0 Å². The van der Waals surface area contributed by atoms with E-state index in [2.05, 4.69) is 5.32 Å². The average Bonchev–Trinajstić information content (AvgIpc) is 2.72. The van der Waals surface area contributed by atoms with E-state index in [-0.39, 0.29) is 13.0 Å². The van der Waals surface area contributed by atoms with Gasteiger partial charge in [-0.3, -0.25) is 0 Å². The second-order valence-corrected chi connectivity index (χ2v) is 9.37. The molecule has 3 rings (SSSR count). The minimum absolute atomic E-state index is 0.000384. The third kappa shape index (κ3) is 6.76. The van der Waals surface area contributed by atoms with Gasteiger partial charge < -0.3 is 19.9 Å². The van der Waals surface area contributed by atoms with E-state index in [1.165, 1.54) is 0 Å². The van der Waals surface area contributed by atoms with Crippen molar-refractivity contribution in [3.05, 3.63) is 75.8 Å². The summed E-state index contributed by atoms with van der Waals surface area (Å²) in [6.07, 6.45) is -0.801. The molecule has 1 unspecified atom stereocenters. The van der Waals surface area contributed by atoms with Crippen LogP contribution in [0.5, 0.6) is 5.75 Å². The fourth-order valence-electron chi connectivity index (χ4n) is 3.31. The fraction of sp³-hybridized carbons (Fsp3) is 0.280. The van der Waals surface area contributed by atoms with Gasteiger partial charge in [0.1, 0.15) is 24.0 Å². The zero-order valence-corrected chi connectivity index (χ0v) is 20.0. The zero-order chi connectivity index (χ0) is 24.2. The molecule has 8 heteroatoms. The number of alkyl carbamates (subject to hydrolysis) is 1. The smallest absolute Gasteiger partial charge is 0.408 e. The van der Waals surface area contributed by atoms with Crippen molar-refractivity contribution < 1.29 is 24.2 Å². The van der Waals surface area contributed by atoms with Gasteiger partial charge in [0.25, 0.3) is 0 Å². The first kappa shape index (κ1) is 24.7. The van der Waals surface area contributed by atoms with Gasteiger partial charge in [-0.15, -0.1) is 0 Å². The number of ether oxygens (including phenoxy) is 2. The highest BCUT2D eigenvalue weighted by molar-refractivity contribution is 6.35. The molecule has 0 heterocycles. The van der Waals surface area contributed by atoms with Crippen molar-refractivity contribution in [2.45, 2.75) is 45.4 Å². The SMILES string of the molecule is CC(C)(C)OC(=O)NC(Cc1c(OCc2ccc(Cl)cc2Cl)ccc2ccccc12)C(=O)O. The lowest BCUT2D eigenvalue weighted by atomic mass is 9.97. The van der Waals surface area contributed by atoms with E-state index in [4.69, 9.17) is 32.7 Å². The van der Waals surface area contributed by atoms with Gasteiger partial charge in [0.05, 0.1) is 0 Å². The molecule has 0 bridgehead atoms. The number of fused-ring (bicyclic) bond motifs is 1. The van der Waals surface area contributed by atoms with Gasteiger partial charge >= 0.3 is 12.1 Å². The number of nitrogens with one attached hydrogen (secondary N) is 1. The predicted octanol–water partition coefficient (Wildman–Crippen LogP) is 6.25. The molecule has 0 aromatic heterocycles. The topological polar surface area (TPSA) is 84.9 Å². The summed E-state index contributed by atoms with van der Waals surface area (Å²) in [7, 11) is 0. The summed E-state index contributed by atoms with van der Waals surface area (Å²) in [6.45, 7) is 5.29. The van der Waals surface area contributed by atoms with Crippen LogP contribution in [0.25, 0.3) is 10.8 Å². The third-order valence-electron chi connectivity index (χ3n) is 4.79. The monoisotopic (exact) mass is 489 g/mol. The normalized spacial score (nSPS) is 12.3. The van der Waals surface area contributed by atoms with Gasteiger partial charge in [-0.1, -0.05) is 59.6 Å². The molecule has 3 aromatic carbocycles. The van der Waals surface area contributed by atoms with E-state index in [0.717, 1.165) is 16.3 Å². The van der Waals surface area contributed by atoms with E-state index >= 15 is 0 Å². The maximum absolute atomic E-state index is 12.2. The van der Waals surface area contributed by atoms with E-state index in [1.807, 2.05) is 30.3 Å². The van der Waals surface area contributed by atoms with Crippen LogP contribution in [0, 0.1) is 0 Å². The average molecular weight is 490 g/mol. The molecule has 0 aliphatic rings. The number of carboxylic acid groups (broad SMARTS) is 1. The first-order chi connectivity index (χ1) is 15.5. The number of carboxylic acids is 1. The molecule has 1 atom stereocenters. The highest BCUT2D eigenvalue weighted by Gasteiger charge is 2.26. The van der Waals surface area contributed by atoms with Crippen LogP contribution in [-0.2, 0) is 22.6 Å². The number of aliphatic carboxylic acids is 1. The summed E-state index contributed by atoms with van der Waals surface area (Å²) in [5.41, 5.74) is 0.641. The van der Waals surface area contributed by atoms with Crippen LogP contribution in [0.15, 0.2) is 54.6 Å². The van der Waals surface area contributed by atoms with Crippen molar-refractivity contribution >= 4 is 46.0 Å². The quantitative estimate of drug-likeness (QED) is 0.409. The Morgan fingerprint density at radius 2 is 1.79 bits per heavy atom. The zero-order valence-electron chi connectivity index (χ0n) is 18.5. The molecule has 0 saturated carbocycles. The molecular weight excluding hydrogens is 465 g/mol. The molecule has 2 N–H and O–H groups in total. The van der Waals surface area contributed by atoms with Gasteiger partial charge in [-0.05, 0) is 49.7 Å². The van der Waals surface area contributed by atoms with Crippen LogP contribution in [0.1, 0.15) is 31.9 Å². The lowest BCUT2D eigenvalue weighted by Gasteiger charge is -2.23. The molecule has 0 fully saturated rings. The largest absolute Gasteiger partial charge is 0.489 e. The van der Waals surface area contributed by atoms with E-state index in [9.17, 15) is 14.7 Å². The van der Waals surface area contributed by atoms with Crippen molar-refractivity contribution in [2.75, 3.05) is 0 Å². The predicted molar refractivity (Wildman–Crippen MR) is 129 cm³/mol. The number of carbonyl (C=O) groups is 2. The van der Waals surface area contributed by atoms with Crippen molar-refractivity contribution in [1.82, 2.24) is 5.32 Å². The van der Waals surface area contributed by atoms with Crippen molar-refractivity contribution in [2.24, 2.45) is 0 Å². The third-order valence-corrected chi connectivity index (χ3v) is 5.38. The first-order valence-corrected chi connectivity index (χ1v) is 11.1. The fourth-order valence-corrected chi connectivity index (χ4v) is 3.77. The van der Waals surface area contributed by atoms with Crippen molar-refractivity contribution in [1.29, 1.82) is 0 Å². The molecule has 0 aliphatic carbocycles. The number of carbonyl (C=O) groups excluding carboxylic acids is 1. The summed E-state index contributed by atoms with van der Waals surface area (Å²) >= 11 is 12.2. The van der Waals surface area contributed by atoms with Crippen LogP contribution in [-0.4, -0.2) is 28.8 Å². The van der Waals surface area contributed by atoms with E-state index < -0.39 is 23.7 Å². The Kier molecular flexibility index (Phi) is 7.72. The van der Waals surface area contributed by atoms with Crippen molar-refractivity contribution in [3.63, 3.8) is 0 Å². The second-order valence-electron chi connectivity index (χ2n) is 8.53. The number of hydrogen-bond acceptors (Lipinski definition) is 4. The van der Waals surface area contributed by atoms with Gasteiger partial charge in [-0.2, -0.15) is 0 Å². The van der Waals surface area contributed by atoms with E-state index in [1.54, 1.807) is 45.0 Å². The van der Waals surface area contributed by atoms with Gasteiger partial charge in [0.2, 0.25) is 0 Å². The second kappa shape index (κ2) is 10.3. The molecular formula is C25H25Cl2NO5. The summed E-state index contributed by atoms with van der Waals surface area (Å²) in [5.74, 6) is -0.683. The van der Waals surface area contributed by atoms with Crippen LogP contribution in [0.3, 0.4) is 0 Å².